The van der Waals surface area contributed by atoms with Crippen LogP contribution in [0, 0.1) is 16.0 Å². The number of alkyl halides is 3. The highest BCUT2D eigenvalue weighted by atomic mass is 19.4. The number of nitrogens with zero attached hydrogens (tertiary/aromatic N) is 2. The third-order valence-corrected chi connectivity index (χ3v) is 5.01. The Morgan fingerprint density at radius 3 is 2.47 bits per heavy atom. The number of halogens is 3. The summed E-state index contributed by atoms with van der Waals surface area (Å²) in [4.78, 5) is 36.4. The van der Waals surface area contributed by atoms with Crippen molar-refractivity contribution in [2.24, 2.45) is 5.92 Å². The fourth-order valence-corrected chi connectivity index (χ4v) is 3.29. The lowest BCUT2D eigenvalue weighted by Gasteiger charge is -2.33. The molecule has 0 aromatic heterocycles. The maximum Gasteiger partial charge on any atom is 0.416 e. The maximum absolute atomic E-state index is 12.9. The first-order valence-corrected chi connectivity index (χ1v) is 9.73. The Labute approximate surface area is 172 Å². The van der Waals surface area contributed by atoms with Crippen molar-refractivity contribution < 1.29 is 27.7 Å². The summed E-state index contributed by atoms with van der Waals surface area (Å²) in [5.41, 5.74) is -1.60. The number of benzene rings is 1. The van der Waals surface area contributed by atoms with Gasteiger partial charge >= 0.3 is 6.18 Å². The van der Waals surface area contributed by atoms with Gasteiger partial charge in [-0.1, -0.05) is 6.92 Å². The van der Waals surface area contributed by atoms with Crippen LogP contribution in [-0.4, -0.2) is 42.4 Å². The highest BCUT2D eigenvalue weighted by Crippen LogP contribution is 2.37. The van der Waals surface area contributed by atoms with Crippen LogP contribution in [0.2, 0.25) is 0 Å². The Morgan fingerprint density at radius 2 is 1.93 bits per heavy atom. The van der Waals surface area contributed by atoms with E-state index in [1.54, 1.807) is 11.8 Å². The predicted molar refractivity (Wildman–Crippen MR) is 104 cm³/mol. The Morgan fingerprint density at radius 1 is 1.30 bits per heavy atom. The van der Waals surface area contributed by atoms with Gasteiger partial charge in [-0.15, -0.1) is 0 Å². The molecular weight excluding hydrogens is 405 g/mol. The highest BCUT2D eigenvalue weighted by molar-refractivity contribution is 5.88. The predicted octanol–water partition coefficient (Wildman–Crippen LogP) is 2.86. The smallest absolute Gasteiger partial charge is 0.366 e. The second-order valence-corrected chi connectivity index (χ2v) is 7.24. The Bertz CT molecular complexity index is 792. The van der Waals surface area contributed by atoms with Crippen molar-refractivity contribution in [3.8, 4) is 0 Å². The van der Waals surface area contributed by atoms with Crippen molar-refractivity contribution in [1.82, 2.24) is 10.6 Å². The fraction of sp³-hybridized carbons (Fsp3) is 0.579. The molecular formula is C19H25F3N4O4. The molecule has 0 saturated carbocycles. The quantitative estimate of drug-likeness (QED) is 0.511. The first-order valence-electron chi connectivity index (χ1n) is 9.73. The van der Waals surface area contributed by atoms with Gasteiger partial charge in [0.25, 0.3) is 5.69 Å². The molecule has 0 radical (unpaired) electrons. The maximum atomic E-state index is 12.9. The number of nitro benzene ring substituents is 1. The zero-order valence-corrected chi connectivity index (χ0v) is 16.8. The van der Waals surface area contributed by atoms with Crippen molar-refractivity contribution >= 4 is 23.2 Å². The van der Waals surface area contributed by atoms with Gasteiger partial charge in [0.2, 0.25) is 11.8 Å². The van der Waals surface area contributed by atoms with Gasteiger partial charge < -0.3 is 15.5 Å². The molecule has 1 unspecified atom stereocenters. The molecule has 8 nitrogen and oxygen atoms in total. The number of rotatable bonds is 7. The molecule has 2 N–H and O–H groups in total. The first kappa shape index (κ1) is 23.4. The van der Waals surface area contributed by atoms with Gasteiger partial charge in [0, 0.05) is 31.6 Å². The zero-order valence-electron chi connectivity index (χ0n) is 16.8. The van der Waals surface area contributed by atoms with Crippen LogP contribution in [0.4, 0.5) is 24.5 Å². The van der Waals surface area contributed by atoms with Crippen LogP contribution in [0.3, 0.4) is 0 Å². The van der Waals surface area contributed by atoms with E-state index in [2.05, 4.69) is 10.6 Å². The summed E-state index contributed by atoms with van der Waals surface area (Å²) in [6, 6.07) is 1.77. The Hall–Kier alpha value is -2.85. The van der Waals surface area contributed by atoms with E-state index in [9.17, 15) is 32.9 Å². The molecule has 11 heteroatoms. The summed E-state index contributed by atoms with van der Waals surface area (Å²) < 4.78 is 38.6. The summed E-state index contributed by atoms with van der Waals surface area (Å²) >= 11 is 0. The third kappa shape index (κ3) is 5.83. The van der Waals surface area contributed by atoms with Gasteiger partial charge in [-0.3, -0.25) is 19.7 Å². The van der Waals surface area contributed by atoms with E-state index in [1.165, 1.54) is 0 Å². The van der Waals surface area contributed by atoms with Crippen LogP contribution in [0.1, 0.15) is 38.7 Å². The second-order valence-electron chi connectivity index (χ2n) is 7.24. The van der Waals surface area contributed by atoms with Gasteiger partial charge in [-0.25, -0.2) is 0 Å². The van der Waals surface area contributed by atoms with Crippen molar-refractivity contribution in [3.05, 3.63) is 33.9 Å². The molecule has 1 aromatic carbocycles. The molecule has 30 heavy (non-hydrogen) atoms. The van der Waals surface area contributed by atoms with Gasteiger partial charge in [0.05, 0.1) is 10.5 Å². The van der Waals surface area contributed by atoms with Crippen LogP contribution in [0.5, 0.6) is 0 Å². The fourth-order valence-electron chi connectivity index (χ4n) is 3.29. The molecule has 1 aromatic rings. The number of piperidine rings is 1. The lowest BCUT2D eigenvalue weighted by Crippen LogP contribution is -2.48. The SMILES string of the molecule is CCCNC(=O)C(C)NC(=O)C1CCN(c2ccc(C(F)(F)F)cc2[N+](=O)[O-])CC1. The summed E-state index contributed by atoms with van der Waals surface area (Å²) in [6.07, 6.45) is -3.16. The first-order chi connectivity index (χ1) is 14.0. The van der Waals surface area contributed by atoms with Gasteiger partial charge in [0.15, 0.2) is 0 Å². The average Bonchev–Trinajstić information content (AvgIpc) is 2.70. The molecule has 1 fully saturated rings. The minimum Gasteiger partial charge on any atom is -0.366 e. The van der Waals surface area contributed by atoms with Gasteiger partial charge in [-0.2, -0.15) is 13.2 Å². The van der Waals surface area contributed by atoms with Crippen LogP contribution in [0.15, 0.2) is 18.2 Å². The third-order valence-electron chi connectivity index (χ3n) is 5.01. The standard InChI is InChI=1S/C19H25F3N4O4/c1-3-8-23-17(27)12(2)24-18(28)13-6-9-25(10-7-13)15-5-4-14(19(20,21)22)11-16(15)26(29)30/h4-5,11-13H,3,6-10H2,1-2H3,(H,23,27)(H,24,28). The van der Waals surface area contributed by atoms with E-state index in [-0.39, 0.29) is 36.5 Å². The van der Waals surface area contributed by atoms with E-state index in [4.69, 9.17) is 0 Å². The van der Waals surface area contributed by atoms with E-state index in [1.807, 2.05) is 6.92 Å². The Balaban J connectivity index is 2.01. The molecule has 2 rings (SSSR count). The van der Waals surface area contributed by atoms with E-state index >= 15 is 0 Å². The summed E-state index contributed by atoms with van der Waals surface area (Å²) in [6.45, 7) is 4.58. The number of anilines is 1. The lowest BCUT2D eigenvalue weighted by atomic mass is 9.95. The minimum atomic E-state index is -4.67. The number of hydrogen-bond donors (Lipinski definition) is 2. The normalized spacial score (nSPS) is 16.1. The topological polar surface area (TPSA) is 105 Å². The lowest BCUT2D eigenvalue weighted by molar-refractivity contribution is -0.384. The molecule has 1 aliphatic rings. The molecule has 1 aliphatic heterocycles. The number of nitrogens with one attached hydrogen (secondary N) is 2. The molecule has 1 atom stereocenters. The van der Waals surface area contributed by atoms with Gasteiger partial charge in [-0.05, 0) is 38.3 Å². The molecule has 166 valence electrons. The number of nitro groups is 1. The molecule has 0 aliphatic carbocycles. The highest BCUT2D eigenvalue weighted by Gasteiger charge is 2.35. The van der Waals surface area contributed by atoms with Crippen molar-refractivity contribution in [3.63, 3.8) is 0 Å². The minimum absolute atomic E-state index is 0.0965. The van der Waals surface area contributed by atoms with E-state index < -0.39 is 28.4 Å². The number of carbonyl (C=O) groups is 2. The second kappa shape index (κ2) is 9.77. The molecule has 2 amide bonds. The van der Waals surface area contributed by atoms with Crippen LogP contribution in [0.25, 0.3) is 0 Å². The monoisotopic (exact) mass is 430 g/mol. The van der Waals surface area contributed by atoms with E-state index in [0.29, 0.717) is 25.5 Å². The van der Waals surface area contributed by atoms with Crippen molar-refractivity contribution in [2.45, 2.75) is 45.3 Å². The number of carbonyl (C=O) groups excluding carboxylic acids is 2. The number of amides is 2. The van der Waals surface area contributed by atoms with E-state index in [0.717, 1.165) is 18.6 Å². The van der Waals surface area contributed by atoms with Crippen molar-refractivity contribution in [1.29, 1.82) is 0 Å². The summed E-state index contributed by atoms with van der Waals surface area (Å²) in [5, 5.41) is 16.6. The van der Waals surface area contributed by atoms with Crippen molar-refractivity contribution in [2.75, 3.05) is 24.5 Å². The van der Waals surface area contributed by atoms with Gasteiger partial charge in [0.1, 0.15) is 11.7 Å². The van der Waals surface area contributed by atoms with Crippen LogP contribution < -0.4 is 15.5 Å². The number of hydrogen-bond acceptors (Lipinski definition) is 5. The Kier molecular flexibility index (Phi) is 7.63. The molecule has 0 bridgehead atoms. The molecule has 1 saturated heterocycles. The molecule has 1 heterocycles. The summed E-state index contributed by atoms with van der Waals surface area (Å²) in [5.74, 6) is -0.935. The molecule has 0 spiro atoms. The van der Waals surface area contributed by atoms with Crippen LogP contribution in [-0.2, 0) is 15.8 Å². The van der Waals surface area contributed by atoms with Crippen LogP contribution >= 0.6 is 0 Å². The summed E-state index contributed by atoms with van der Waals surface area (Å²) in [7, 11) is 0. The average molecular weight is 430 g/mol. The largest absolute Gasteiger partial charge is 0.416 e. The zero-order chi connectivity index (χ0) is 22.5.